The van der Waals surface area contributed by atoms with E-state index in [4.69, 9.17) is 9.47 Å². The maximum absolute atomic E-state index is 9.82. The molecule has 5 heteroatoms. The number of hydrogen-bond donors (Lipinski definition) is 1. The summed E-state index contributed by atoms with van der Waals surface area (Å²) in [5.41, 5.74) is 3.24. The molecule has 0 unspecified atom stereocenters. The monoisotopic (exact) mass is 355 g/mol. The molecule has 4 aromatic rings. The van der Waals surface area contributed by atoms with Gasteiger partial charge in [0.25, 0.3) is 0 Å². The van der Waals surface area contributed by atoms with Gasteiger partial charge in [-0.15, -0.1) is 0 Å². The van der Waals surface area contributed by atoms with Gasteiger partial charge < -0.3 is 14.5 Å². The van der Waals surface area contributed by atoms with Crippen LogP contribution in [0.5, 0.6) is 11.5 Å². The van der Waals surface area contributed by atoms with Gasteiger partial charge >= 0.3 is 0 Å². The third-order valence-corrected chi connectivity index (χ3v) is 4.61. The van der Waals surface area contributed by atoms with Gasteiger partial charge in [0.05, 0.1) is 31.4 Å². The standard InChI is InChI=1S/C22H17N3O2/c1-26-21-9-18-19(13-25-20(18)10-22(21)27-2)16(11-23)8-14-4-3-5-15-12-24-7-6-17(14)15/h3-10,12-13,25H,1-2H3/b16-8+. The molecule has 0 fully saturated rings. The van der Waals surface area contributed by atoms with E-state index in [0.717, 1.165) is 32.8 Å². The molecule has 4 rings (SSSR count). The number of rotatable bonds is 4. The average Bonchev–Trinajstić information content (AvgIpc) is 3.13. The Bertz CT molecular complexity index is 1210. The molecule has 27 heavy (non-hydrogen) atoms. The number of nitrogens with zero attached hydrogens (tertiary/aromatic N) is 2. The number of hydrogen-bond acceptors (Lipinski definition) is 4. The van der Waals surface area contributed by atoms with E-state index in [-0.39, 0.29) is 0 Å². The minimum Gasteiger partial charge on any atom is -0.493 e. The number of nitriles is 1. The Balaban J connectivity index is 1.90. The Morgan fingerprint density at radius 1 is 1.11 bits per heavy atom. The second-order valence-electron chi connectivity index (χ2n) is 6.07. The highest BCUT2D eigenvalue weighted by atomic mass is 16.5. The van der Waals surface area contributed by atoms with Gasteiger partial charge in [0.2, 0.25) is 0 Å². The molecule has 2 heterocycles. The summed E-state index contributed by atoms with van der Waals surface area (Å²) >= 11 is 0. The Morgan fingerprint density at radius 3 is 2.70 bits per heavy atom. The van der Waals surface area contributed by atoms with Crippen LogP contribution in [0.15, 0.2) is 55.0 Å². The number of nitrogens with one attached hydrogen (secondary N) is 1. The molecule has 1 N–H and O–H groups in total. The van der Waals surface area contributed by atoms with Gasteiger partial charge in [0, 0.05) is 41.0 Å². The topological polar surface area (TPSA) is 70.9 Å². The van der Waals surface area contributed by atoms with Crippen LogP contribution in [0.2, 0.25) is 0 Å². The van der Waals surface area contributed by atoms with Crippen molar-refractivity contribution in [1.82, 2.24) is 9.97 Å². The number of allylic oxidation sites excluding steroid dienone is 1. The maximum Gasteiger partial charge on any atom is 0.162 e. The van der Waals surface area contributed by atoms with Crippen molar-refractivity contribution in [1.29, 1.82) is 5.26 Å². The molecule has 2 aromatic heterocycles. The SMILES string of the molecule is COc1cc2[nH]cc(/C(C#N)=C/c3cccc4cnccc34)c2cc1OC. The molecule has 0 aliphatic carbocycles. The predicted molar refractivity (Wildman–Crippen MR) is 107 cm³/mol. The molecule has 2 aromatic carbocycles. The van der Waals surface area contributed by atoms with E-state index in [1.165, 1.54) is 0 Å². The van der Waals surface area contributed by atoms with Crippen LogP contribution < -0.4 is 9.47 Å². The third-order valence-electron chi connectivity index (χ3n) is 4.61. The molecule has 132 valence electrons. The number of pyridine rings is 1. The average molecular weight is 355 g/mol. The lowest BCUT2D eigenvalue weighted by Crippen LogP contribution is -1.90. The van der Waals surface area contributed by atoms with Crippen molar-refractivity contribution in [2.24, 2.45) is 0 Å². The van der Waals surface area contributed by atoms with Gasteiger partial charge in [-0.05, 0) is 29.2 Å². The quantitative estimate of drug-likeness (QED) is 0.534. The zero-order valence-corrected chi connectivity index (χ0v) is 15.0. The van der Waals surface area contributed by atoms with Crippen molar-refractivity contribution >= 4 is 33.3 Å². The zero-order chi connectivity index (χ0) is 18.8. The zero-order valence-electron chi connectivity index (χ0n) is 15.0. The normalized spacial score (nSPS) is 11.5. The van der Waals surface area contributed by atoms with Crippen LogP contribution in [-0.2, 0) is 0 Å². The maximum atomic E-state index is 9.82. The second kappa shape index (κ2) is 6.85. The largest absolute Gasteiger partial charge is 0.493 e. The third kappa shape index (κ3) is 2.87. The van der Waals surface area contributed by atoms with Crippen molar-refractivity contribution in [3.05, 3.63) is 66.1 Å². The van der Waals surface area contributed by atoms with Crippen molar-refractivity contribution in [2.75, 3.05) is 14.2 Å². The number of aromatic nitrogens is 2. The molecule has 0 aliphatic heterocycles. The van der Waals surface area contributed by atoms with Gasteiger partial charge in [-0.25, -0.2) is 0 Å². The van der Waals surface area contributed by atoms with Crippen molar-refractivity contribution in [3.63, 3.8) is 0 Å². The molecule has 0 amide bonds. The second-order valence-corrected chi connectivity index (χ2v) is 6.07. The van der Waals surface area contributed by atoms with E-state index in [0.29, 0.717) is 17.1 Å². The highest BCUT2D eigenvalue weighted by Crippen LogP contribution is 2.36. The molecular weight excluding hydrogens is 338 g/mol. The first-order chi connectivity index (χ1) is 13.2. The van der Waals surface area contributed by atoms with Crippen LogP contribution in [0.3, 0.4) is 0 Å². The summed E-state index contributed by atoms with van der Waals surface area (Å²) in [7, 11) is 3.20. The van der Waals surface area contributed by atoms with Crippen LogP contribution in [0.4, 0.5) is 0 Å². The van der Waals surface area contributed by atoms with E-state index in [1.807, 2.05) is 54.9 Å². The molecule has 0 atom stereocenters. The molecular formula is C22H17N3O2. The summed E-state index contributed by atoms with van der Waals surface area (Å²) in [6, 6.07) is 14.0. The highest BCUT2D eigenvalue weighted by molar-refractivity contribution is 6.04. The van der Waals surface area contributed by atoms with Crippen LogP contribution in [0.25, 0.3) is 33.3 Å². The Hall–Kier alpha value is -3.78. The smallest absolute Gasteiger partial charge is 0.162 e. The number of ether oxygens (including phenoxy) is 2. The van der Waals surface area contributed by atoms with Crippen molar-refractivity contribution in [2.45, 2.75) is 0 Å². The van der Waals surface area contributed by atoms with Gasteiger partial charge in [0.15, 0.2) is 11.5 Å². The van der Waals surface area contributed by atoms with Crippen molar-refractivity contribution < 1.29 is 9.47 Å². The fraction of sp³-hybridized carbons (Fsp3) is 0.0909. The van der Waals surface area contributed by atoms with E-state index >= 15 is 0 Å². The molecule has 0 aliphatic rings. The first-order valence-corrected chi connectivity index (χ1v) is 8.43. The fourth-order valence-electron chi connectivity index (χ4n) is 3.27. The number of aromatic amines is 1. The van der Waals surface area contributed by atoms with Gasteiger partial charge in [-0.1, -0.05) is 18.2 Å². The number of methoxy groups -OCH3 is 2. The minimum absolute atomic E-state index is 0.567. The highest BCUT2D eigenvalue weighted by Gasteiger charge is 2.14. The molecule has 0 saturated carbocycles. The first kappa shape index (κ1) is 16.7. The summed E-state index contributed by atoms with van der Waals surface area (Å²) in [6.07, 6.45) is 7.32. The number of fused-ring (bicyclic) bond motifs is 2. The summed E-state index contributed by atoms with van der Waals surface area (Å²) in [5.74, 6) is 1.27. The predicted octanol–water partition coefficient (Wildman–Crippen LogP) is 4.80. The molecule has 0 spiro atoms. The Labute approximate surface area is 156 Å². The van der Waals surface area contributed by atoms with Gasteiger partial charge in [0.1, 0.15) is 0 Å². The van der Waals surface area contributed by atoms with Crippen LogP contribution in [0, 0.1) is 11.3 Å². The van der Waals surface area contributed by atoms with Crippen LogP contribution >= 0.6 is 0 Å². The number of H-pyrrole nitrogens is 1. The summed E-state index contributed by atoms with van der Waals surface area (Å²) in [6.45, 7) is 0. The lowest BCUT2D eigenvalue weighted by atomic mass is 10.00. The molecule has 0 bridgehead atoms. The number of benzene rings is 2. The molecule has 0 saturated heterocycles. The Kier molecular flexibility index (Phi) is 4.23. The summed E-state index contributed by atoms with van der Waals surface area (Å²) in [4.78, 5) is 7.38. The molecule has 5 nitrogen and oxygen atoms in total. The van der Waals surface area contributed by atoms with Gasteiger partial charge in [-0.2, -0.15) is 5.26 Å². The minimum atomic E-state index is 0.567. The van der Waals surface area contributed by atoms with Crippen LogP contribution in [-0.4, -0.2) is 24.2 Å². The molecule has 0 radical (unpaired) electrons. The van der Waals surface area contributed by atoms with E-state index in [9.17, 15) is 5.26 Å². The lowest BCUT2D eigenvalue weighted by Gasteiger charge is -2.08. The fourth-order valence-corrected chi connectivity index (χ4v) is 3.27. The summed E-state index contributed by atoms with van der Waals surface area (Å²) in [5, 5.41) is 12.8. The lowest BCUT2D eigenvalue weighted by molar-refractivity contribution is 0.356. The van der Waals surface area contributed by atoms with Crippen LogP contribution in [0.1, 0.15) is 11.1 Å². The van der Waals surface area contributed by atoms with E-state index in [1.54, 1.807) is 20.4 Å². The van der Waals surface area contributed by atoms with E-state index in [2.05, 4.69) is 16.0 Å². The van der Waals surface area contributed by atoms with E-state index < -0.39 is 0 Å². The Morgan fingerprint density at radius 2 is 1.93 bits per heavy atom. The summed E-state index contributed by atoms with van der Waals surface area (Å²) < 4.78 is 10.8. The first-order valence-electron chi connectivity index (χ1n) is 8.43. The van der Waals surface area contributed by atoms with Gasteiger partial charge in [-0.3, -0.25) is 4.98 Å². The van der Waals surface area contributed by atoms with Crippen molar-refractivity contribution in [3.8, 4) is 17.6 Å².